The third kappa shape index (κ3) is 1.30. The van der Waals surface area contributed by atoms with Gasteiger partial charge in [0, 0.05) is 0 Å². The fourth-order valence-electron chi connectivity index (χ4n) is 0.537. The second-order valence-corrected chi connectivity index (χ2v) is 1.57. The van der Waals surface area contributed by atoms with E-state index in [1.807, 2.05) is 0 Å². The number of hydrogen-bond acceptors (Lipinski definition) is 3. The minimum Gasteiger partial charge on any atom is -0.464 e. The van der Waals surface area contributed by atoms with Gasteiger partial charge in [0.1, 0.15) is 0 Å². The lowest BCUT2D eigenvalue weighted by molar-refractivity contribution is 0.297. The van der Waals surface area contributed by atoms with Crippen LogP contribution in [-0.4, -0.2) is 6.08 Å². The molecule has 0 aliphatic carbocycles. The van der Waals surface area contributed by atoms with Gasteiger partial charge in [0.25, 0.3) is 6.30 Å². The zero-order chi connectivity index (χ0) is 7.40. The van der Waals surface area contributed by atoms with Crippen molar-refractivity contribution < 1.29 is 13.6 Å². The number of halogens is 1. The molecule has 1 unspecified atom stereocenters. The van der Waals surface area contributed by atoms with E-state index in [1.54, 1.807) is 0 Å². The van der Waals surface area contributed by atoms with Gasteiger partial charge in [-0.25, -0.2) is 9.18 Å². The second-order valence-electron chi connectivity index (χ2n) is 1.57. The van der Waals surface area contributed by atoms with Gasteiger partial charge in [0.2, 0.25) is 6.08 Å². The number of nitrogens with zero attached hydrogens (tertiary/aromatic N) is 1. The number of rotatable bonds is 2. The summed E-state index contributed by atoms with van der Waals surface area (Å²) in [4.78, 5) is 12.3. The van der Waals surface area contributed by atoms with E-state index in [0.717, 1.165) is 6.08 Å². The summed E-state index contributed by atoms with van der Waals surface area (Å²) in [5, 5.41) is 0. The molecule has 0 bridgehead atoms. The second kappa shape index (κ2) is 2.94. The van der Waals surface area contributed by atoms with Crippen molar-refractivity contribution in [2.45, 2.75) is 6.30 Å². The Labute approximate surface area is 56.2 Å². The van der Waals surface area contributed by atoms with Crippen molar-refractivity contribution in [3.63, 3.8) is 0 Å². The van der Waals surface area contributed by atoms with Gasteiger partial charge in [-0.05, 0) is 12.1 Å². The van der Waals surface area contributed by atoms with Gasteiger partial charge >= 0.3 is 0 Å². The molecular formula is C6H4FNO2. The monoisotopic (exact) mass is 141 g/mol. The Balaban J connectivity index is 2.76. The maximum atomic E-state index is 12.4. The lowest BCUT2D eigenvalue weighted by Crippen LogP contribution is -1.81. The van der Waals surface area contributed by atoms with E-state index < -0.39 is 6.30 Å². The van der Waals surface area contributed by atoms with E-state index in [4.69, 9.17) is 0 Å². The zero-order valence-electron chi connectivity index (χ0n) is 4.95. The van der Waals surface area contributed by atoms with Gasteiger partial charge in [0.15, 0.2) is 5.76 Å². The van der Waals surface area contributed by atoms with Gasteiger partial charge in [-0.15, -0.1) is 0 Å². The molecule has 1 aromatic rings. The van der Waals surface area contributed by atoms with Crippen molar-refractivity contribution in [3.05, 3.63) is 24.2 Å². The van der Waals surface area contributed by atoms with Crippen molar-refractivity contribution in [1.82, 2.24) is 0 Å². The SMILES string of the molecule is O=C=NC(F)c1ccco1. The Morgan fingerprint density at radius 3 is 3.10 bits per heavy atom. The molecule has 0 amide bonds. The number of isocyanates is 1. The normalized spacial score (nSPS) is 12.1. The molecular weight excluding hydrogens is 137 g/mol. The fourth-order valence-corrected chi connectivity index (χ4v) is 0.537. The van der Waals surface area contributed by atoms with E-state index in [-0.39, 0.29) is 5.76 Å². The van der Waals surface area contributed by atoms with Crippen LogP contribution in [0, 0.1) is 0 Å². The summed E-state index contributed by atoms with van der Waals surface area (Å²) < 4.78 is 17.0. The summed E-state index contributed by atoms with van der Waals surface area (Å²) in [6, 6.07) is 2.91. The highest BCUT2D eigenvalue weighted by molar-refractivity contribution is 5.33. The first-order chi connectivity index (χ1) is 4.84. The predicted molar refractivity (Wildman–Crippen MR) is 30.7 cm³/mol. The minimum absolute atomic E-state index is 0.0170. The van der Waals surface area contributed by atoms with Gasteiger partial charge in [-0.1, -0.05) is 0 Å². The third-order valence-electron chi connectivity index (χ3n) is 0.944. The van der Waals surface area contributed by atoms with Crippen LogP contribution in [0.4, 0.5) is 4.39 Å². The first kappa shape index (κ1) is 6.71. The van der Waals surface area contributed by atoms with Crippen LogP contribution < -0.4 is 0 Å². The molecule has 0 aromatic carbocycles. The van der Waals surface area contributed by atoms with E-state index >= 15 is 0 Å². The molecule has 10 heavy (non-hydrogen) atoms. The number of furan rings is 1. The molecule has 1 atom stereocenters. The Morgan fingerprint density at radius 2 is 2.60 bits per heavy atom. The molecule has 0 aliphatic rings. The van der Waals surface area contributed by atoms with Gasteiger partial charge < -0.3 is 4.42 Å². The number of hydrogen-bond donors (Lipinski definition) is 0. The first-order valence-corrected chi connectivity index (χ1v) is 2.59. The van der Waals surface area contributed by atoms with Crippen molar-refractivity contribution >= 4 is 6.08 Å². The summed E-state index contributed by atoms with van der Waals surface area (Å²) in [5.41, 5.74) is 0. The molecule has 1 aromatic heterocycles. The standard InChI is InChI=1S/C6H4FNO2/c7-6(8-4-9)5-2-1-3-10-5/h1-3,6H. The van der Waals surface area contributed by atoms with Crippen molar-refractivity contribution in [1.29, 1.82) is 0 Å². The molecule has 0 saturated heterocycles. The maximum absolute atomic E-state index is 12.4. The molecule has 0 fully saturated rings. The molecule has 1 heterocycles. The summed E-state index contributed by atoms with van der Waals surface area (Å²) in [6.07, 6.45) is 0.688. The largest absolute Gasteiger partial charge is 0.464 e. The minimum atomic E-state index is -1.72. The summed E-state index contributed by atoms with van der Waals surface area (Å²) >= 11 is 0. The maximum Gasteiger partial charge on any atom is 0.258 e. The topological polar surface area (TPSA) is 42.6 Å². The highest BCUT2D eigenvalue weighted by Crippen LogP contribution is 2.17. The fraction of sp³-hybridized carbons (Fsp3) is 0.167. The Bertz CT molecular complexity index is 238. The van der Waals surface area contributed by atoms with Crippen LogP contribution in [0.5, 0.6) is 0 Å². The third-order valence-corrected chi connectivity index (χ3v) is 0.944. The van der Waals surface area contributed by atoms with Crippen LogP contribution in [0.2, 0.25) is 0 Å². The lowest BCUT2D eigenvalue weighted by Gasteiger charge is -1.91. The summed E-state index contributed by atoms with van der Waals surface area (Å²) in [5.74, 6) is 0.0170. The molecule has 0 N–H and O–H groups in total. The molecule has 1 rings (SSSR count). The zero-order valence-corrected chi connectivity index (χ0v) is 4.95. The predicted octanol–water partition coefficient (Wildman–Crippen LogP) is 1.58. The van der Waals surface area contributed by atoms with Crippen LogP contribution in [0.1, 0.15) is 12.1 Å². The van der Waals surface area contributed by atoms with E-state index in [9.17, 15) is 9.18 Å². The quantitative estimate of drug-likeness (QED) is 0.356. The molecule has 4 heteroatoms. The highest BCUT2D eigenvalue weighted by Gasteiger charge is 2.08. The molecule has 0 spiro atoms. The van der Waals surface area contributed by atoms with Crippen LogP contribution >= 0.6 is 0 Å². The Morgan fingerprint density at radius 1 is 1.80 bits per heavy atom. The average Bonchev–Trinajstić information content (AvgIpc) is 2.38. The number of alkyl halides is 1. The number of aliphatic imine (C=N–C) groups is 1. The van der Waals surface area contributed by atoms with Crippen molar-refractivity contribution in [2.75, 3.05) is 0 Å². The van der Waals surface area contributed by atoms with Crippen LogP contribution in [0.15, 0.2) is 27.8 Å². The van der Waals surface area contributed by atoms with Gasteiger partial charge in [-0.2, -0.15) is 4.99 Å². The summed E-state index contributed by atoms with van der Waals surface area (Å²) in [7, 11) is 0. The van der Waals surface area contributed by atoms with Crippen LogP contribution in [0.3, 0.4) is 0 Å². The van der Waals surface area contributed by atoms with Gasteiger partial charge in [0.05, 0.1) is 6.26 Å². The van der Waals surface area contributed by atoms with E-state index in [1.165, 1.54) is 18.4 Å². The highest BCUT2D eigenvalue weighted by atomic mass is 19.1. The average molecular weight is 141 g/mol. The lowest BCUT2D eigenvalue weighted by atomic mass is 10.4. The van der Waals surface area contributed by atoms with Gasteiger partial charge in [-0.3, -0.25) is 0 Å². The van der Waals surface area contributed by atoms with E-state index in [0.29, 0.717) is 0 Å². The molecule has 3 nitrogen and oxygen atoms in total. The molecule has 0 saturated carbocycles. The summed E-state index contributed by atoms with van der Waals surface area (Å²) in [6.45, 7) is 0. The van der Waals surface area contributed by atoms with Crippen LogP contribution in [-0.2, 0) is 4.79 Å². The number of carbonyl (C=O) groups excluding carboxylic acids is 1. The Kier molecular flexibility index (Phi) is 1.97. The Hall–Kier alpha value is -1.41. The van der Waals surface area contributed by atoms with E-state index in [2.05, 4.69) is 9.41 Å². The van der Waals surface area contributed by atoms with Crippen LogP contribution in [0.25, 0.3) is 0 Å². The molecule has 52 valence electrons. The first-order valence-electron chi connectivity index (χ1n) is 2.59. The smallest absolute Gasteiger partial charge is 0.258 e. The molecule has 0 radical (unpaired) electrons. The van der Waals surface area contributed by atoms with Crippen molar-refractivity contribution in [2.24, 2.45) is 4.99 Å². The molecule has 0 aliphatic heterocycles. The van der Waals surface area contributed by atoms with Crippen molar-refractivity contribution in [3.8, 4) is 0 Å².